The lowest BCUT2D eigenvalue weighted by molar-refractivity contribution is -0.111. The number of rotatable bonds is 3. The Morgan fingerprint density at radius 3 is 2.82 bits per heavy atom. The average Bonchev–Trinajstić information content (AvgIpc) is 2.60. The summed E-state index contributed by atoms with van der Waals surface area (Å²) in [6, 6.07) is 0. The van der Waals surface area contributed by atoms with Crippen LogP contribution in [0.15, 0.2) is 6.20 Å². The van der Waals surface area contributed by atoms with Crippen LogP contribution in [-0.2, 0) is 9.53 Å². The van der Waals surface area contributed by atoms with Crippen molar-refractivity contribution >= 4 is 17.6 Å². The Morgan fingerprint density at radius 1 is 1.53 bits per heavy atom. The second-order valence-corrected chi connectivity index (χ2v) is 3.25. The Labute approximate surface area is 99.5 Å². The van der Waals surface area contributed by atoms with E-state index in [-0.39, 0.29) is 6.61 Å². The van der Waals surface area contributed by atoms with Gasteiger partial charge >= 0.3 is 5.97 Å². The van der Waals surface area contributed by atoms with Crippen molar-refractivity contribution in [2.45, 2.75) is 20.8 Å². The topological polar surface area (TPSA) is 71.2 Å². The Balaban J connectivity index is 2.96. The fraction of sp³-hybridized carbons (Fsp3) is 0.333. The van der Waals surface area contributed by atoms with Crippen molar-refractivity contribution in [3.05, 3.63) is 17.5 Å². The van der Waals surface area contributed by atoms with Crippen molar-refractivity contribution in [1.29, 1.82) is 0 Å². The van der Waals surface area contributed by atoms with E-state index in [2.05, 4.69) is 22.1 Å². The van der Waals surface area contributed by atoms with Gasteiger partial charge in [-0.15, -0.1) is 0 Å². The van der Waals surface area contributed by atoms with Gasteiger partial charge in [0, 0.05) is 11.9 Å². The summed E-state index contributed by atoms with van der Waals surface area (Å²) in [5, 5.41) is 2.53. The maximum absolute atomic E-state index is 11.7. The smallest absolute Gasteiger partial charge is 0.342 e. The van der Waals surface area contributed by atoms with Gasteiger partial charge in [0.2, 0.25) is 0 Å². The molecule has 90 valence electrons. The first-order chi connectivity index (χ1) is 8.10. The number of hydrogen-bond donors (Lipinski definition) is 2. The molecule has 0 fully saturated rings. The number of amides is 1. The number of ether oxygens (including phenoxy) is 1. The highest BCUT2D eigenvalue weighted by atomic mass is 16.5. The van der Waals surface area contributed by atoms with Crippen LogP contribution in [0, 0.1) is 18.8 Å². The van der Waals surface area contributed by atoms with E-state index in [0.29, 0.717) is 16.9 Å². The van der Waals surface area contributed by atoms with E-state index in [4.69, 9.17) is 4.74 Å². The van der Waals surface area contributed by atoms with Crippen molar-refractivity contribution < 1.29 is 14.3 Å². The Bertz CT molecular complexity index is 492. The molecule has 1 aromatic heterocycles. The van der Waals surface area contributed by atoms with Gasteiger partial charge in [-0.3, -0.25) is 4.79 Å². The Hall–Kier alpha value is -2.22. The summed E-state index contributed by atoms with van der Waals surface area (Å²) in [7, 11) is 0. The monoisotopic (exact) mass is 234 g/mol. The predicted molar refractivity (Wildman–Crippen MR) is 63.6 cm³/mol. The molecule has 5 heteroatoms. The van der Waals surface area contributed by atoms with Gasteiger partial charge in [-0.25, -0.2) is 4.79 Å². The van der Waals surface area contributed by atoms with Gasteiger partial charge in [-0.05, 0) is 26.7 Å². The van der Waals surface area contributed by atoms with E-state index in [1.807, 2.05) is 0 Å². The zero-order chi connectivity index (χ0) is 12.8. The molecule has 2 N–H and O–H groups in total. The standard InChI is InChI=1S/C12H14N2O3/c1-4-6-10(15)14-9-7-13-8(3)11(9)12(16)17-5-2/h7,13H,5H2,1-3H3,(H,14,15). The molecule has 1 aromatic rings. The van der Waals surface area contributed by atoms with Crippen LogP contribution in [0.3, 0.4) is 0 Å². The first-order valence-corrected chi connectivity index (χ1v) is 5.19. The maximum atomic E-state index is 11.7. The van der Waals surface area contributed by atoms with Gasteiger partial charge in [0.15, 0.2) is 0 Å². The predicted octanol–water partition coefficient (Wildman–Crippen LogP) is 1.46. The van der Waals surface area contributed by atoms with Gasteiger partial charge in [0.1, 0.15) is 5.56 Å². The summed E-state index contributed by atoms with van der Waals surface area (Å²) in [5.41, 5.74) is 1.36. The minimum absolute atomic E-state index is 0.283. The third kappa shape index (κ3) is 3.11. The summed E-state index contributed by atoms with van der Waals surface area (Å²) in [5.74, 6) is 3.89. The van der Waals surface area contributed by atoms with Gasteiger partial charge in [-0.2, -0.15) is 0 Å². The van der Waals surface area contributed by atoms with Crippen LogP contribution < -0.4 is 5.32 Å². The number of carbonyl (C=O) groups is 2. The molecule has 0 aromatic carbocycles. The fourth-order valence-electron chi connectivity index (χ4n) is 1.36. The molecule has 0 bridgehead atoms. The summed E-state index contributed by atoms with van der Waals surface area (Å²) < 4.78 is 4.90. The van der Waals surface area contributed by atoms with Crippen molar-refractivity contribution in [3.63, 3.8) is 0 Å². The third-order valence-electron chi connectivity index (χ3n) is 2.04. The molecule has 0 aliphatic carbocycles. The molecule has 17 heavy (non-hydrogen) atoms. The number of aromatic nitrogens is 1. The van der Waals surface area contributed by atoms with E-state index >= 15 is 0 Å². The first-order valence-electron chi connectivity index (χ1n) is 5.19. The highest BCUT2D eigenvalue weighted by molar-refractivity contribution is 6.08. The van der Waals surface area contributed by atoms with E-state index < -0.39 is 11.9 Å². The highest BCUT2D eigenvalue weighted by Crippen LogP contribution is 2.20. The molecule has 0 radical (unpaired) electrons. The van der Waals surface area contributed by atoms with E-state index in [1.165, 1.54) is 6.20 Å². The molecule has 0 aliphatic heterocycles. The molecule has 0 aliphatic rings. The first kappa shape index (κ1) is 12.8. The highest BCUT2D eigenvalue weighted by Gasteiger charge is 2.18. The van der Waals surface area contributed by atoms with Gasteiger partial charge < -0.3 is 15.0 Å². The normalized spacial score (nSPS) is 9.12. The summed E-state index contributed by atoms with van der Waals surface area (Å²) in [6.07, 6.45) is 1.54. The van der Waals surface area contributed by atoms with E-state index in [9.17, 15) is 9.59 Å². The largest absolute Gasteiger partial charge is 0.462 e. The second-order valence-electron chi connectivity index (χ2n) is 3.25. The maximum Gasteiger partial charge on any atom is 0.342 e. The molecule has 5 nitrogen and oxygen atoms in total. The van der Waals surface area contributed by atoms with Crippen LogP contribution >= 0.6 is 0 Å². The SMILES string of the molecule is CC#CC(=O)Nc1c[nH]c(C)c1C(=O)OCC. The summed E-state index contributed by atoms with van der Waals surface area (Å²) >= 11 is 0. The number of nitrogens with one attached hydrogen (secondary N) is 2. The van der Waals surface area contributed by atoms with Crippen molar-refractivity contribution in [1.82, 2.24) is 4.98 Å². The molecule has 0 saturated carbocycles. The zero-order valence-electron chi connectivity index (χ0n) is 10.0. The van der Waals surface area contributed by atoms with E-state index in [1.54, 1.807) is 20.8 Å². The van der Waals surface area contributed by atoms with Crippen LogP contribution in [0.4, 0.5) is 5.69 Å². The minimum Gasteiger partial charge on any atom is -0.462 e. The van der Waals surface area contributed by atoms with Crippen LogP contribution in [-0.4, -0.2) is 23.5 Å². The quantitative estimate of drug-likeness (QED) is 0.614. The van der Waals surface area contributed by atoms with Crippen molar-refractivity contribution in [3.8, 4) is 11.8 Å². The van der Waals surface area contributed by atoms with Gasteiger partial charge in [0.25, 0.3) is 5.91 Å². The van der Waals surface area contributed by atoms with Gasteiger partial charge in [0.05, 0.1) is 12.3 Å². The minimum atomic E-state index is -0.467. The molecule has 0 unspecified atom stereocenters. The lowest BCUT2D eigenvalue weighted by atomic mass is 10.2. The Kier molecular flexibility index (Phi) is 4.35. The molecule has 0 saturated heterocycles. The second kappa shape index (κ2) is 5.75. The molecule has 1 amide bonds. The molecular weight excluding hydrogens is 220 g/mol. The fourth-order valence-corrected chi connectivity index (χ4v) is 1.36. The summed E-state index contributed by atoms with van der Waals surface area (Å²) in [4.78, 5) is 25.8. The molecule has 0 spiro atoms. The zero-order valence-corrected chi connectivity index (χ0v) is 10.0. The molecule has 1 heterocycles. The number of anilines is 1. The lowest BCUT2D eigenvalue weighted by Crippen LogP contribution is -2.13. The third-order valence-corrected chi connectivity index (χ3v) is 2.04. The molecular formula is C12H14N2O3. The lowest BCUT2D eigenvalue weighted by Gasteiger charge is -2.04. The van der Waals surface area contributed by atoms with Crippen LogP contribution in [0.25, 0.3) is 0 Å². The van der Waals surface area contributed by atoms with Crippen molar-refractivity contribution in [2.24, 2.45) is 0 Å². The number of aryl methyl sites for hydroxylation is 1. The number of esters is 1. The Morgan fingerprint density at radius 2 is 2.24 bits per heavy atom. The number of carbonyl (C=O) groups excluding carboxylic acids is 2. The van der Waals surface area contributed by atoms with E-state index in [0.717, 1.165) is 0 Å². The van der Waals surface area contributed by atoms with Crippen molar-refractivity contribution in [2.75, 3.05) is 11.9 Å². The number of hydrogen-bond acceptors (Lipinski definition) is 3. The van der Waals surface area contributed by atoms with Gasteiger partial charge in [-0.1, -0.05) is 5.92 Å². The number of aromatic amines is 1. The van der Waals surface area contributed by atoms with Crippen LogP contribution in [0.5, 0.6) is 0 Å². The molecule has 1 rings (SSSR count). The average molecular weight is 234 g/mol. The van der Waals surface area contributed by atoms with Crippen LogP contribution in [0.1, 0.15) is 29.9 Å². The molecule has 0 atom stereocenters. The summed E-state index contributed by atoms with van der Waals surface area (Å²) in [6.45, 7) is 5.30. The number of H-pyrrole nitrogens is 1. The van der Waals surface area contributed by atoms with Crippen LogP contribution in [0.2, 0.25) is 0 Å².